The van der Waals surface area contributed by atoms with E-state index in [1.54, 1.807) is 0 Å². The second-order valence-electron chi connectivity index (χ2n) is 1.32. The molecule has 1 aliphatic heterocycles. The van der Waals surface area contributed by atoms with E-state index in [9.17, 15) is 0 Å². The molecule has 0 saturated carbocycles. The fourth-order valence-corrected chi connectivity index (χ4v) is 0.510. The topological polar surface area (TPSA) is 9.23 Å². The Morgan fingerprint density at radius 2 is 1.50 bits per heavy atom. The molecule has 1 aliphatic rings. The Kier molecular flexibility index (Phi) is 4.58. The number of hydrogen-bond acceptors (Lipinski definition) is 1. The first-order chi connectivity index (χ1) is 2.50. The van der Waals surface area contributed by atoms with Gasteiger partial charge in [-0.05, 0) is 12.8 Å². The minimum Gasteiger partial charge on any atom is -0.381 e. The molecule has 2 heteroatoms. The first kappa shape index (κ1) is 6.84. The van der Waals surface area contributed by atoms with Crippen molar-refractivity contribution in [3.63, 3.8) is 0 Å². The summed E-state index contributed by atoms with van der Waals surface area (Å²) in [5.41, 5.74) is 0. The zero-order valence-electron chi connectivity index (χ0n) is 3.74. The van der Waals surface area contributed by atoms with E-state index >= 15 is 0 Å². The molecule has 0 unspecified atom stereocenters. The summed E-state index contributed by atoms with van der Waals surface area (Å²) in [6.45, 7) is 2.00. The van der Waals surface area contributed by atoms with Crippen molar-refractivity contribution in [3.8, 4) is 0 Å². The maximum atomic E-state index is 4.94. The molecule has 0 amide bonds. The standard InChI is InChI=1S/C4H8O.Zr/c1-2-4-5-3-1;/h1-4H2;. The van der Waals surface area contributed by atoms with Crippen molar-refractivity contribution in [1.82, 2.24) is 0 Å². The van der Waals surface area contributed by atoms with E-state index in [0.29, 0.717) is 0 Å². The van der Waals surface area contributed by atoms with Crippen LogP contribution >= 0.6 is 0 Å². The van der Waals surface area contributed by atoms with Crippen LogP contribution in [0.1, 0.15) is 12.8 Å². The van der Waals surface area contributed by atoms with Crippen molar-refractivity contribution in [2.45, 2.75) is 12.8 Å². The molecule has 1 heterocycles. The predicted molar refractivity (Wildman–Crippen MR) is 20.1 cm³/mol. The summed E-state index contributed by atoms with van der Waals surface area (Å²) in [5, 5.41) is 0. The van der Waals surface area contributed by atoms with Crippen LogP contribution < -0.4 is 0 Å². The van der Waals surface area contributed by atoms with Crippen LogP contribution in [0.3, 0.4) is 0 Å². The zero-order valence-corrected chi connectivity index (χ0v) is 6.19. The van der Waals surface area contributed by atoms with E-state index in [1.807, 2.05) is 0 Å². The van der Waals surface area contributed by atoms with E-state index in [2.05, 4.69) is 0 Å². The second kappa shape index (κ2) is 4.01. The summed E-state index contributed by atoms with van der Waals surface area (Å²) in [6, 6.07) is 0. The van der Waals surface area contributed by atoms with E-state index < -0.39 is 0 Å². The maximum absolute atomic E-state index is 4.94. The van der Waals surface area contributed by atoms with Crippen molar-refractivity contribution in [2.24, 2.45) is 0 Å². The summed E-state index contributed by atoms with van der Waals surface area (Å²) >= 11 is 0. The van der Waals surface area contributed by atoms with Crippen molar-refractivity contribution in [1.29, 1.82) is 0 Å². The summed E-state index contributed by atoms with van der Waals surface area (Å²) in [7, 11) is 0. The first-order valence-corrected chi connectivity index (χ1v) is 2.08. The molecule has 0 aromatic heterocycles. The van der Waals surface area contributed by atoms with Gasteiger partial charge in [-0.3, -0.25) is 0 Å². The monoisotopic (exact) mass is 162 g/mol. The SMILES string of the molecule is C1CCOC1.[Zr]. The molecule has 34 valence electrons. The molecular weight excluding hydrogens is 155 g/mol. The van der Waals surface area contributed by atoms with Gasteiger partial charge in [-0.1, -0.05) is 0 Å². The van der Waals surface area contributed by atoms with Crippen LogP contribution in [-0.2, 0) is 30.9 Å². The molecule has 1 saturated heterocycles. The molecule has 0 atom stereocenters. The molecule has 0 aliphatic carbocycles. The van der Waals surface area contributed by atoms with Crippen LogP contribution in [0, 0.1) is 0 Å². The molecule has 0 aromatic carbocycles. The van der Waals surface area contributed by atoms with Gasteiger partial charge in [-0.25, -0.2) is 0 Å². The Morgan fingerprint density at radius 1 is 1.00 bits per heavy atom. The summed E-state index contributed by atoms with van der Waals surface area (Å²) in [5.74, 6) is 0. The Hall–Kier alpha value is 0.843. The third kappa shape index (κ3) is 2.10. The molecule has 0 spiro atoms. The zero-order chi connectivity index (χ0) is 3.54. The number of ether oxygens (including phenoxy) is 1. The van der Waals surface area contributed by atoms with Gasteiger partial charge in [0.15, 0.2) is 0 Å². The largest absolute Gasteiger partial charge is 0.381 e. The van der Waals surface area contributed by atoms with Crippen LogP contribution in [0.25, 0.3) is 0 Å². The van der Waals surface area contributed by atoms with Crippen LogP contribution in [0.2, 0.25) is 0 Å². The molecular formula is C4H8OZr. The van der Waals surface area contributed by atoms with E-state index in [4.69, 9.17) is 4.74 Å². The maximum Gasteiger partial charge on any atom is 0.0466 e. The minimum absolute atomic E-state index is 0. The predicted octanol–water partition coefficient (Wildman–Crippen LogP) is 0.794. The third-order valence-electron chi connectivity index (χ3n) is 0.827. The van der Waals surface area contributed by atoms with Gasteiger partial charge in [0, 0.05) is 39.4 Å². The van der Waals surface area contributed by atoms with Gasteiger partial charge >= 0.3 is 0 Å². The Balaban J connectivity index is 0.000000250. The van der Waals surface area contributed by atoms with Crippen molar-refractivity contribution < 1.29 is 30.9 Å². The van der Waals surface area contributed by atoms with Crippen molar-refractivity contribution >= 4 is 0 Å². The molecule has 6 heavy (non-hydrogen) atoms. The van der Waals surface area contributed by atoms with Gasteiger partial charge < -0.3 is 4.74 Å². The van der Waals surface area contributed by atoms with Gasteiger partial charge in [0.05, 0.1) is 0 Å². The van der Waals surface area contributed by atoms with E-state index in [1.165, 1.54) is 12.8 Å². The Morgan fingerprint density at radius 3 is 1.67 bits per heavy atom. The molecule has 1 rings (SSSR count). The third-order valence-corrected chi connectivity index (χ3v) is 0.827. The second-order valence-corrected chi connectivity index (χ2v) is 1.32. The van der Waals surface area contributed by atoms with Crippen molar-refractivity contribution in [2.75, 3.05) is 13.2 Å². The van der Waals surface area contributed by atoms with Crippen LogP contribution in [0.5, 0.6) is 0 Å². The minimum atomic E-state index is 0. The fourth-order valence-electron chi connectivity index (χ4n) is 0.510. The van der Waals surface area contributed by atoms with Crippen LogP contribution in [-0.4, -0.2) is 13.2 Å². The van der Waals surface area contributed by atoms with Gasteiger partial charge in [0.1, 0.15) is 0 Å². The number of hydrogen-bond donors (Lipinski definition) is 0. The van der Waals surface area contributed by atoms with Gasteiger partial charge in [0.2, 0.25) is 0 Å². The molecule has 0 radical (unpaired) electrons. The first-order valence-electron chi connectivity index (χ1n) is 2.08. The normalized spacial score (nSPS) is 20.0. The van der Waals surface area contributed by atoms with Crippen molar-refractivity contribution in [3.05, 3.63) is 0 Å². The summed E-state index contributed by atoms with van der Waals surface area (Å²) in [4.78, 5) is 0. The van der Waals surface area contributed by atoms with E-state index in [0.717, 1.165) is 13.2 Å². The average Bonchev–Trinajstić information content (AvgIpc) is 1.76. The van der Waals surface area contributed by atoms with Gasteiger partial charge in [-0.2, -0.15) is 0 Å². The molecule has 1 nitrogen and oxygen atoms in total. The van der Waals surface area contributed by atoms with Gasteiger partial charge in [-0.15, -0.1) is 0 Å². The summed E-state index contributed by atoms with van der Waals surface area (Å²) < 4.78 is 4.94. The molecule has 1 fully saturated rings. The quantitative estimate of drug-likeness (QED) is 0.513. The average molecular weight is 163 g/mol. The van der Waals surface area contributed by atoms with E-state index in [-0.39, 0.29) is 26.2 Å². The Bertz CT molecular complexity index is 19.1. The van der Waals surface area contributed by atoms with Gasteiger partial charge in [0.25, 0.3) is 0 Å². The fraction of sp³-hybridized carbons (Fsp3) is 1.00. The molecule has 0 aromatic rings. The molecule has 0 bridgehead atoms. The van der Waals surface area contributed by atoms with Crippen LogP contribution in [0.4, 0.5) is 0 Å². The smallest absolute Gasteiger partial charge is 0.0466 e. The molecule has 0 N–H and O–H groups in total. The van der Waals surface area contributed by atoms with Crippen LogP contribution in [0.15, 0.2) is 0 Å². The Labute approximate surface area is 57.2 Å². The summed E-state index contributed by atoms with van der Waals surface area (Å²) in [6.07, 6.45) is 2.56. The number of rotatable bonds is 0.